The van der Waals surface area contributed by atoms with Crippen LogP contribution in [0.15, 0.2) is 36.4 Å². The first-order valence-corrected chi connectivity index (χ1v) is 8.43. The number of fused-ring (bicyclic) bond motifs is 2. The maximum absolute atomic E-state index is 4.53. The van der Waals surface area contributed by atoms with E-state index in [9.17, 15) is 0 Å². The van der Waals surface area contributed by atoms with Crippen molar-refractivity contribution < 1.29 is 0 Å². The van der Waals surface area contributed by atoms with E-state index in [4.69, 9.17) is 0 Å². The van der Waals surface area contributed by atoms with Crippen molar-refractivity contribution in [1.29, 1.82) is 0 Å². The first-order valence-electron chi connectivity index (χ1n) is 5.36. The molecule has 0 fully saturated rings. The molecule has 6 heteroatoms. The number of rotatable bonds is 1. The van der Waals surface area contributed by atoms with Gasteiger partial charge in [-0.05, 0) is 0 Å². The Labute approximate surface area is 115 Å². The van der Waals surface area contributed by atoms with Gasteiger partial charge in [0.1, 0.15) is 0 Å². The van der Waals surface area contributed by atoms with Gasteiger partial charge >= 0.3 is 115 Å². The summed E-state index contributed by atoms with van der Waals surface area (Å²) in [5.74, 6) is 0. The van der Waals surface area contributed by atoms with E-state index >= 15 is 0 Å². The standard InChI is InChI=1S/C12H6N4Se2/c1-3-7(11-9(5-1)13-17-15-11)8-4-2-6-10-12(8)16-18-14-10/h1-6H. The van der Waals surface area contributed by atoms with Crippen molar-refractivity contribution in [3.05, 3.63) is 36.4 Å². The van der Waals surface area contributed by atoms with E-state index in [0.29, 0.717) is 0 Å². The van der Waals surface area contributed by atoms with Gasteiger partial charge in [-0.25, -0.2) is 0 Å². The van der Waals surface area contributed by atoms with Crippen LogP contribution in [-0.4, -0.2) is 45.8 Å². The Kier molecular flexibility index (Phi) is 2.42. The molecular weight excluding hydrogens is 358 g/mol. The molecule has 0 spiro atoms. The van der Waals surface area contributed by atoms with E-state index in [0.717, 1.165) is 33.2 Å². The van der Waals surface area contributed by atoms with Crippen LogP contribution >= 0.6 is 0 Å². The Hall–Kier alpha value is -1.32. The van der Waals surface area contributed by atoms with Gasteiger partial charge in [0.2, 0.25) is 0 Å². The second-order valence-corrected chi connectivity index (χ2v) is 6.09. The Morgan fingerprint density at radius 1 is 0.611 bits per heavy atom. The third-order valence-electron chi connectivity index (χ3n) is 2.86. The van der Waals surface area contributed by atoms with Crippen LogP contribution < -0.4 is 0 Å². The van der Waals surface area contributed by atoms with Crippen LogP contribution in [0.1, 0.15) is 0 Å². The monoisotopic (exact) mass is 366 g/mol. The summed E-state index contributed by atoms with van der Waals surface area (Å²) in [6.07, 6.45) is 0. The second kappa shape index (κ2) is 4.11. The summed E-state index contributed by atoms with van der Waals surface area (Å²) < 4.78 is 17.9. The number of hydrogen-bond acceptors (Lipinski definition) is 4. The van der Waals surface area contributed by atoms with Crippen LogP contribution in [-0.2, 0) is 0 Å². The van der Waals surface area contributed by atoms with Crippen LogP contribution in [0.25, 0.3) is 33.2 Å². The molecule has 2 aromatic carbocycles. The average Bonchev–Trinajstić information content (AvgIpc) is 3.06. The molecule has 86 valence electrons. The van der Waals surface area contributed by atoms with Gasteiger partial charge in [0.25, 0.3) is 0 Å². The first kappa shape index (κ1) is 10.6. The summed E-state index contributed by atoms with van der Waals surface area (Å²) in [6, 6.07) is 12.3. The van der Waals surface area contributed by atoms with Gasteiger partial charge in [0, 0.05) is 0 Å². The number of aromatic nitrogens is 4. The second-order valence-electron chi connectivity index (χ2n) is 3.88. The number of benzene rings is 2. The molecule has 0 aliphatic heterocycles. The van der Waals surface area contributed by atoms with Crippen LogP contribution in [0.3, 0.4) is 0 Å². The van der Waals surface area contributed by atoms with Crippen molar-refractivity contribution in [2.24, 2.45) is 0 Å². The van der Waals surface area contributed by atoms with Crippen molar-refractivity contribution >= 4 is 52.0 Å². The minimum atomic E-state index is 0.00183. The third-order valence-corrected chi connectivity index (χ3v) is 5.14. The summed E-state index contributed by atoms with van der Waals surface area (Å²) >= 11 is 0.00366. The molecule has 4 nitrogen and oxygen atoms in total. The Bertz CT molecular complexity index is 777. The van der Waals surface area contributed by atoms with Gasteiger partial charge in [-0.2, -0.15) is 0 Å². The average molecular weight is 364 g/mol. The molecule has 0 N–H and O–H groups in total. The fourth-order valence-electron chi connectivity index (χ4n) is 2.05. The predicted molar refractivity (Wildman–Crippen MR) is 72.0 cm³/mol. The van der Waals surface area contributed by atoms with E-state index in [1.54, 1.807) is 0 Å². The van der Waals surface area contributed by atoms with Crippen LogP contribution in [0.5, 0.6) is 0 Å². The molecule has 0 amide bonds. The quantitative estimate of drug-likeness (QED) is 0.479. The molecule has 18 heavy (non-hydrogen) atoms. The normalized spacial score (nSPS) is 11.3. The number of nitrogens with zero attached hydrogens (tertiary/aromatic N) is 4. The van der Waals surface area contributed by atoms with Gasteiger partial charge in [0.15, 0.2) is 0 Å². The molecule has 0 aliphatic carbocycles. The van der Waals surface area contributed by atoms with Gasteiger partial charge < -0.3 is 0 Å². The molecule has 2 heterocycles. The van der Waals surface area contributed by atoms with Crippen molar-refractivity contribution in [2.75, 3.05) is 0 Å². The Morgan fingerprint density at radius 3 is 1.61 bits per heavy atom. The van der Waals surface area contributed by atoms with E-state index in [-0.39, 0.29) is 29.9 Å². The zero-order valence-corrected chi connectivity index (χ0v) is 12.5. The first-order chi connectivity index (χ1) is 8.93. The maximum atomic E-state index is 4.53. The summed E-state index contributed by atoms with van der Waals surface area (Å²) in [5.41, 5.74) is 6.30. The Balaban J connectivity index is 2.13. The molecule has 0 bridgehead atoms. The SMILES string of the molecule is c1cc(-c2cccc3n[se]nc23)c2n[se]nc2c1. The van der Waals surface area contributed by atoms with Crippen molar-refractivity contribution in [1.82, 2.24) is 15.9 Å². The predicted octanol–water partition coefficient (Wildman–Crippen LogP) is 1.35. The van der Waals surface area contributed by atoms with Gasteiger partial charge in [-0.3, -0.25) is 0 Å². The van der Waals surface area contributed by atoms with Crippen molar-refractivity contribution in [3.8, 4) is 11.1 Å². The van der Waals surface area contributed by atoms with Crippen LogP contribution in [0, 0.1) is 0 Å². The zero-order valence-electron chi connectivity index (χ0n) is 9.07. The van der Waals surface area contributed by atoms with E-state index in [2.05, 4.69) is 28.1 Å². The molecule has 4 aromatic rings. The summed E-state index contributed by atoms with van der Waals surface area (Å²) in [7, 11) is 0. The summed E-state index contributed by atoms with van der Waals surface area (Å²) in [4.78, 5) is 0. The fourth-order valence-corrected chi connectivity index (χ4v) is 4.35. The van der Waals surface area contributed by atoms with E-state index in [1.165, 1.54) is 0 Å². The molecule has 0 saturated carbocycles. The molecule has 0 radical (unpaired) electrons. The molecular formula is C12H6N4Se2. The third kappa shape index (κ3) is 1.51. The zero-order chi connectivity index (χ0) is 11.9. The molecule has 0 unspecified atom stereocenters. The van der Waals surface area contributed by atoms with Gasteiger partial charge in [-0.1, -0.05) is 0 Å². The topological polar surface area (TPSA) is 51.6 Å². The molecule has 2 aromatic heterocycles. The van der Waals surface area contributed by atoms with Crippen molar-refractivity contribution in [2.45, 2.75) is 0 Å². The van der Waals surface area contributed by atoms with Crippen LogP contribution in [0.4, 0.5) is 0 Å². The Morgan fingerprint density at radius 2 is 1.11 bits per heavy atom. The molecule has 0 saturated heterocycles. The fraction of sp³-hybridized carbons (Fsp3) is 0. The van der Waals surface area contributed by atoms with E-state index < -0.39 is 0 Å². The van der Waals surface area contributed by atoms with Crippen molar-refractivity contribution in [3.63, 3.8) is 0 Å². The van der Waals surface area contributed by atoms with Gasteiger partial charge in [-0.15, -0.1) is 0 Å². The van der Waals surface area contributed by atoms with Gasteiger partial charge in [0.05, 0.1) is 0 Å². The van der Waals surface area contributed by atoms with Crippen LogP contribution in [0.2, 0.25) is 0 Å². The van der Waals surface area contributed by atoms with E-state index in [1.807, 2.05) is 24.3 Å². The summed E-state index contributed by atoms with van der Waals surface area (Å²) in [5, 5.41) is 0. The number of hydrogen-bond donors (Lipinski definition) is 0. The minimum absolute atomic E-state index is 0.00183. The molecule has 0 atom stereocenters. The summed E-state index contributed by atoms with van der Waals surface area (Å²) in [6.45, 7) is 0. The molecule has 0 aliphatic rings. The molecule has 4 rings (SSSR count).